The van der Waals surface area contributed by atoms with Crippen molar-refractivity contribution in [1.29, 1.82) is 0 Å². The Kier molecular flexibility index (Phi) is 6.13. The average Bonchev–Trinajstić information content (AvgIpc) is 2.35. The quantitative estimate of drug-likeness (QED) is 0.212. The maximum absolute atomic E-state index is 11.3. The highest BCUT2D eigenvalue weighted by atomic mass is 32.3. The molecular formula is C17H29N3O4S. The van der Waals surface area contributed by atoms with Crippen LogP contribution in [0.25, 0.3) is 0 Å². The zero-order valence-corrected chi connectivity index (χ0v) is 17.0. The molecule has 0 spiro atoms. The lowest BCUT2D eigenvalue weighted by atomic mass is 10.1. The predicted molar refractivity (Wildman–Crippen MR) is 98.2 cm³/mol. The van der Waals surface area contributed by atoms with E-state index in [1.54, 1.807) is 20.8 Å². The van der Waals surface area contributed by atoms with Crippen molar-refractivity contribution >= 4 is 22.0 Å². The molecule has 0 aliphatic carbocycles. The topological polar surface area (TPSA) is 93.5 Å². The van der Waals surface area contributed by atoms with Crippen molar-refractivity contribution < 1.29 is 22.0 Å². The van der Waals surface area contributed by atoms with Crippen molar-refractivity contribution in [3.05, 3.63) is 29.3 Å². The van der Waals surface area contributed by atoms with Crippen molar-refractivity contribution in [2.45, 2.75) is 66.5 Å². The van der Waals surface area contributed by atoms with Gasteiger partial charge in [0.2, 0.25) is 0 Å². The van der Waals surface area contributed by atoms with E-state index in [0.29, 0.717) is 0 Å². The van der Waals surface area contributed by atoms with Crippen LogP contribution in [0.3, 0.4) is 0 Å². The fourth-order valence-corrected chi connectivity index (χ4v) is 2.67. The average molecular weight is 372 g/mol. The van der Waals surface area contributed by atoms with E-state index in [0.717, 1.165) is 21.6 Å². The van der Waals surface area contributed by atoms with E-state index in [4.69, 9.17) is 4.28 Å². The molecule has 0 fully saturated rings. The Morgan fingerprint density at radius 3 is 1.92 bits per heavy atom. The van der Waals surface area contributed by atoms with Crippen LogP contribution in [0.2, 0.25) is 0 Å². The molecule has 0 unspecified atom stereocenters. The zero-order valence-electron chi connectivity index (χ0n) is 16.2. The summed E-state index contributed by atoms with van der Waals surface area (Å²) in [5.74, 6) is 0.275. The molecule has 7 nitrogen and oxygen atoms in total. The summed E-state index contributed by atoms with van der Waals surface area (Å²) in [6.45, 7) is 14.9. The van der Waals surface area contributed by atoms with Gasteiger partial charge < -0.3 is 4.55 Å². The van der Waals surface area contributed by atoms with Crippen LogP contribution in [0.5, 0.6) is 0 Å². The first-order valence-electron chi connectivity index (χ1n) is 8.04. The first-order chi connectivity index (χ1) is 11.1. The monoisotopic (exact) mass is 371 g/mol. The Morgan fingerprint density at radius 2 is 1.56 bits per heavy atom. The van der Waals surface area contributed by atoms with Crippen LogP contribution < -0.4 is 10.6 Å². The molecule has 1 aromatic rings. The second-order valence-electron chi connectivity index (χ2n) is 8.06. The molecule has 0 aliphatic heterocycles. The van der Waals surface area contributed by atoms with Gasteiger partial charge in [0.15, 0.2) is 0 Å². The van der Waals surface area contributed by atoms with E-state index >= 15 is 0 Å². The van der Waals surface area contributed by atoms with Crippen molar-refractivity contribution in [1.82, 2.24) is 5.32 Å². The molecule has 1 rings (SSSR count). The summed E-state index contributed by atoms with van der Waals surface area (Å²) in [5.41, 5.74) is 1.57. The van der Waals surface area contributed by atoms with E-state index in [9.17, 15) is 13.0 Å². The van der Waals surface area contributed by atoms with Crippen LogP contribution in [0.4, 0.5) is 5.69 Å². The highest BCUT2D eigenvalue weighted by molar-refractivity contribution is 7.80. The zero-order chi connectivity index (χ0) is 19.6. The lowest BCUT2D eigenvalue weighted by molar-refractivity contribution is -0.795. The number of aryl methyl sites for hydroxylation is 2. The first kappa shape index (κ1) is 21.2. The van der Waals surface area contributed by atoms with Crippen molar-refractivity contribution in [3.8, 4) is 0 Å². The van der Waals surface area contributed by atoms with E-state index in [2.05, 4.69) is 10.6 Å². The molecule has 0 saturated carbocycles. The molecule has 25 heavy (non-hydrogen) atoms. The third-order valence-electron chi connectivity index (χ3n) is 3.20. The Labute approximate surface area is 151 Å². The molecule has 0 amide bonds. The third-order valence-corrected chi connectivity index (χ3v) is 3.53. The van der Waals surface area contributed by atoms with Gasteiger partial charge in [-0.05, 0) is 66.5 Å². The summed E-state index contributed by atoms with van der Waals surface area (Å²) in [6, 6.07) is 5.82. The van der Waals surface area contributed by atoms with Gasteiger partial charge in [0, 0.05) is 0 Å². The summed E-state index contributed by atoms with van der Waals surface area (Å²) in [6.07, 6.45) is 0. The number of hydrogen-bond donors (Lipinski definition) is 2. The summed E-state index contributed by atoms with van der Waals surface area (Å²) in [7, 11) is -4.94. The molecule has 8 heteroatoms. The van der Waals surface area contributed by atoms with E-state index in [1.807, 2.05) is 52.8 Å². The van der Waals surface area contributed by atoms with Gasteiger partial charge in [-0.1, -0.05) is 22.9 Å². The van der Waals surface area contributed by atoms with Gasteiger partial charge in [0.25, 0.3) is 10.4 Å². The molecule has 0 saturated heterocycles. The number of hydroxylamine groups is 1. The van der Waals surface area contributed by atoms with Crippen molar-refractivity contribution in [2.24, 2.45) is 0 Å². The highest BCUT2D eigenvalue weighted by Crippen LogP contribution is 2.20. The number of benzene rings is 1. The Morgan fingerprint density at radius 1 is 1.08 bits per heavy atom. The SMILES string of the molecule is Cc1cccc(C)c1N/C(NC(C)(C)C)=[N+](/OS(=O)(=O)[O-])C(C)(C)C. The van der Waals surface area contributed by atoms with Crippen molar-refractivity contribution in [3.63, 3.8) is 0 Å². The van der Waals surface area contributed by atoms with Crippen LogP contribution >= 0.6 is 0 Å². The number of para-hydroxylation sites is 1. The Bertz CT molecular complexity index is 737. The third kappa shape index (κ3) is 6.91. The number of rotatable bonds is 3. The van der Waals surface area contributed by atoms with Gasteiger partial charge in [-0.3, -0.25) is 5.32 Å². The standard InChI is InChI=1S/C17H29N3O4S/c1-12-10-9-11-13(2)14(12)18-15(19-16(3,4)5)20(17(6,7)8)24-25(21,22)23/h9-11H,1-8H3,(H2,18,19,21,22,23). The summed E-state index contributed by atoms with van der Waals surface area (Å²) in [5, 5.41) is 6.40. The number of nitrogens with zero attached hydrogens (tertiary/aromatic N) is 1. The fraction of sp³-hybridized carbons (Fsp3) is 0.588. The van der Waals surface area contributed by atoms with Gasteiger partial charge in [0.1, 0.15) is 11.2 Å². The highest BCUT2D eigenvalue weighted by Gasteiger charge is 2.32. The molecule has 142 valence electrons. The maximum Gasteiger partial charge on any atom is 0.389 e. The molecule has 1 aromatic carbocycles. The largest absolute Gasteiger partial charge is 0.713 e. The van der Waals surface area contributed by atoms with E-state index in [-0.39, 0.29) is 5.96 Å². The van der Waals surface area contributed by atoms with E-state index in [1.165, 1.54) is 0 Å². The lowest BCUT2D eigenvalue weighted by Gasteiger charge is -2.28. The smallest absolute Gasteiger partial charge is 0.389 e. The van der Waals surface area contributed by atoms with Gasteiger partial charge in [-0.15, -0.1) is 0 Å². The number of hydrogen-bond acceptors (Lipinski definition) is 4. The van der Waals surface area contributed by atoms with Gasteiger partial charge in [-0.2, -0.15) is 8.42 Å². The molecule has 0 radical (unpaired) electrons. The fourth-order valence-electron chi connectivity index (χ4n) is 2.19. The van der Waals surface area contributed by atoms with Crippen LogP contribution in [-0.2, 0) is 14.7 Å². The summed E-state index contributed by atoms with van der Waals surface area (Å²) >= 11 is 0. The minimum atomic E-state index is -4.94. The van der Waals surface area contributed by atoms with Crippen LogP contribution in [-0.4, -0.2) is 34.7 Å². The Balaban J connectivity index is 3.57. The van der Waals surface area contributed by atoms with Crippen LogP contribution in [0.1, 0.15) is 52.7 Å². The molecular weight excluding hydrogens is 342 g/mol. The minimum Gasteiger partial charge on any atom is -0.713 e. The molecule has 0 aromatic heterocycles. The van der Waals surface area contributed by atoms with Crippen LogP contribution in [0, 0.1) is 13.8 Å². The van der Waals surface area contributed by atoms with E-state index < -0.39 is 21.5 Å². The van der Waals surface area contributed by atoms with Gasteiger partial charge >= 0.3 is 5.96 Å². The molecule has 2 N–H and O–H groups in total. The van der Waals surface area contributed by atoms with Gasteiger partial charge in [0.05, 0.1) is 5.54 Å². The summed E-state index contributed by atoms with van der Waals surface area (Å²) in [4.78, 5) is 0. The molecule has 0 atom stereocenters. The molecule has 0 aliphatic rings. The summed E-state index contributed by atoms with van der Waals surface area (Å²) < 4.78 is 39.6. The lowest BCUT2D eigenvalue weighted by Crippen LogP contribution is -2.53. The first-order valence-corrected chi connectivity index (χ1v) is 9.37. The minimum absolute atomic E-state index is 0.275. The van der Waals surface area contributed by atoms with Gasteiger partial charge in [-0.25, -0.2) is 9.60 Å². The normalized spacial score (nSPS) is 14.0. The molecule has 0 heterocycles. The predicted octanol–water partition coefficient (Wildman–Crippen LogP) is 2.66. The number of nitrogens with one attached hydrogen (secondary N) is 2. The number of anilines is 1. The number of guanidine groups is 1. The second-order valence-corrected chi connectivity index (χ2v) is 9.03. The van der Waals surface area contributed by atoms with Crippen LogP contribution in [0.15, 0.2) is 18.2 Å². The van der Waals surface area contributed by atoms with Crippen molar-refractivity contribution in [2.75, 3.05) is 5.32 Å². The maximum atomic E-state index is 11.3. The Hall–Kier alpha value is -1.80. The molecule has 0 bridgehead atoms. The second kappa shape index (κ2) is 7.21.